The van der Waals surface area contributed by atoms with Crippen molar-refractivity contribution in [3.63, 3.8) is 0 Å². The van der Waals surface area contributed by atoms with Crippen LogP contribution < -0.4 is 4.90 Å². The van der Waals surface area contributed by atoms with Crippen LogP contribution in [0.5, 0.6) is 0 Å². The number of carboxylic acid groups (broad SMARTS) is 1. The van der Waals surface area contributed by atoms with Gasteiger partial charge >= 0.3 is 5.97 Å². The molecular weight excluding hydrogens is 294 g/mol. The highest BCUT2D eigenvalue weighted by Crippen LogP contribution is 2.25. The number of carbonyl (C=O) groups is 1. The van der Waals surface area contributed by atoms with Crippen LogP contribution in [0.1, 0.15) is 15.3 Å². The Morgan fingerprint density at radius 1 is 1.30 bits per heavy atom. The van der Waals surface area contributed by atoms with Crippen molar-refractivity contribution in [2.45, 2.75) is 20.4 Å². The van der Waals surface area contributed by atoms with Gasteiger partial charge in [-0.2, -0.15) is 0 Å². The van der Waals surface area contributed by atoms with Gasteiger partial charge < -0.3 is 10.0 Å². The van der Waals surface area contributed by atoms with Gasteiger partial charge in [0.1, 0.15) is 6.54 Å². The average molecular weight is 310 g/mol. The van der Waals surface area contributed by atoms with Crippen LogP contribution in [0.4, 0.5) is 5.69 Å². The molecule has 1 heterocycles. The number of aryl methyl sites for hydroxylation is 2. The summed E-state index contributed by atoms with van der Waals surface area (Å²) in [6.07, 6.45) is 0. The Kier molecular flexibility index (Phi) is 4.68. The maximum Gasteiger partial charge on any atom is 0.323 e. The zero-order valence-corrected chi connectivity index (χ0v) is 13.0. The summed E-state index contributed by atoms with van der Waals surface area (Å²) in [7, 11) is 0. The third-order valence-corrected chi connectivity index (χ3v) is 4.28. The summed E-state index contributed by atoms with van der Waals surface area (Å²) >= 11 is 7.61. The summed E-state index contributed by atoms with van der Waals surface area (Å²) < 4.78 is 0. The van der Waals surface area contributed by atoms with Crippen LogP contribution in [0, 0.1) is 13.8 Å². The van der Waals surface area contributed by atoms with E-state index in [0.29, 0.717) is 11.6 Å². The molecule has 0 aliphatic heterocycles. The molecule has 0 unspecified atom stereocenters. The first-order valence-electron chi connectivity index (χ1n) is 6.24. The molecule has 0 saturated carbocycles. The van der Waals surface area contributed by atoms with E-state index in [-0.39, 0.29) is 6.54 Å². The molecule has 0 saturated heterocycles. The second kappa shape index (κ2) is 6.29. The molecular formula is C15H16ClNO2S. The fourth-order valence-electron chi connectivity index (χ4n) is 2.10. The number of carboxylic acids is 1. The van der Waals surface area contributed by atoms with Crippen LogP contribution in [0.2, 0.25) is 5.02 Å². The van der Waals surface area contributed by atoms with Crippen LogP contribution in [-0.4, -0.2) is 17.6 Å². The van der Waals surface area contributed by atoms with E-state index in [1.165, 1.54) is 15.3 Å². The van der Waals surface area contributed by atoms with Crippen LogP contribution in [0.15, 0.2) is 30.3 Å². The third-order valence-electron chi connectivity index (χ3n) is 3.02. The van der Waals surface area contributed by atoms with E-state index in [0.717, 1.165) is 5.69 Å². The van der Waals surface area contributed by atoms with Crippen molar-refractivity contribution >= 4 is 34.6 Å². The molecule has 0 amide bonds. The number of anilines is 1. The number of rotatable bonds is 5. The second-order valence-electron chi connectivity index (χ2n) is 4.66. The van der Waals surface area contributed by atoms with E-state index in [4.69, 9.17) is 16.7 Å². The Balaban J connectivity index is 2.25. The van der Waals surface area contributed by atoms with Crippen LogP contribution >= 0.6 is 22.9 Å². The zero-order chi connectivity index (χ0) is 14.7. The quantitative estimate of drug-likeness (QED) is 0.903. The van der Waals surface area contributed by atoms with Crippen molar-refractivity contribution in [1.82, 2.24) is 0 Å². The predicted octanol–water partition coefficient (Wildman–Crippen LogP) is 4.11. The molecule has 0 aliphatic carbocycles. The van der Waals surface area contributed by atoms with Crippen molar-refractivity contribution in [3.05, 3.63) is 50.7 Å². The van der Waals surface area contributed by atoms with Crippen LogP contribution in [0.25, 0.3) is 0 Å². The van der Waals surface area contributed by atoms with Gasteiger partial charge in [0.05, 0.1) is 0 Å². The molecule has 0 bridgehead atoms. The van der Waals surface area contributed by atoms with E-state index in [1.54, 1.807) is 23.5 Å². The molecule has 0 atom stereocenters. The summed E-state index contributed by atoms with van der Waals surface area (Å²) in [5.74, 6) is -0.843. The highest BCUT2D eigenvalue weighted by atomic mass is 35.5. The Labute approximate surface area is 127 Å². The van der Waals surface area contributed by atoms with Gasteiger partial charge in [-0.05, 0) is 49.7 Å². The molecule has 1 aromatic heterocycles. The Bertz CT molecular complexity index is 607. The molecule has 3 nitrogen and oxygen atoms in total. The fraction of sp³-hybridized carbons (Fsp3) is 0.267. The van der Waals surface area contributed by atoms with E-state index < -0.39 is 5.97 Å². The lowest BCUT2D eigenvalue weighted by Gasteiger charge is -2.23. The maximum atomic E-state index is 11.1. The molecule has 2 rings (SSSR count). The summed E-state index contributed by atoms with van der Waals surface area (Å²) in [5, 5.41) is 9.73. The number of nitrogens with zero attached hydrogens (tertiary/aromatic N) is 1. The SMILES string of the molecule is Cc1cc(CN(CC(=O)O)c2ccc(Cl)cc2)c(C)s1. The van der Waals surface area contributed by atoms with Gasteiger partial charge in [0, 0.05) is 27.0 Å². The Hall–Kier alpha value is -1.52. The predicted molar refractivity (Wildman–Crippen MR) is 83.9 cm³/mol. The minimum Gasteiger partial charge on any atom is -0.480 e. The number of hydrogen-bond donors (Lipinski definition) is 1. The first kappa shape index (κ1) is 14.9. The molecule has 1 aromatic carbocycles. The van der Waals surface area contributed by atoms with Gasteiger partial charge in [-0.25, -0.2) is 0 Å². The molecule has 0 aliphatic rings. The molecule has 0 spiro atoms. The lowest BCUT2D eigenvalue weighted by Crippen LogP contribution is -2.29. The standard InChI is InChI=1S/C15H16ClNO2S/c1-10-7-12(11(2)20-10)8-17(9-15(18)19)14-5-3-13(16)4-6-14/h3-7H,8-9H2,1-2H3,(H,18,19). The van der Waals surface area contributed by atoms with Crippen molar-refractivity contribution in [2.24, 2.45) is 0 Å². The van der Waals surface area contributed by atoms with Gasteiger partial charge in [0.2, 0.25) is 0 Å². The van der Waals surface area contributed by atoms with Gasteiger partial charge in [-0.15, -0.1) is 11.3 Å². The average Bonchev–Trinajstić information content (AvgIpc) is 2.67. The van der Waals surface area contributed by atoms with E-state index in [9.17, 15) is 4.79 Å². The lowest BCUT2D eigenvalue weighted by atomic mass is 10.2. The molecule has 2 aromatic rings. The van der Waals surface area contributed by atoms with Gasteiger partial charge in [-0.1, -0.05) is 11.6 Å². The highest BCUT2D eigenvalue weighted by Gasteiger charge is 2.14. The fourth-order valence-corrected chi connectivity index (χ4v) is 3.16. The van der Waals surface area contributed by atoms with Crippen LogP contribution in [0.3, 0.4) is 0 Å². The van der Waals surface area contributed by atoms with Crippen LogP contribution in [-0.2, 0) is 11.3 Å². The first-order chi connectivity index (χ1) is 9.45. The number of thiophene rings is 1. The maximum absolute atomic E-state index is 11.1. The molecule has 0 fully saturated rings. The summed E-state index contributed by atoms with van der Waals surface area (Å²) in [6, 6.07) is 9.36. The third kappa shape index (κ3) is 3.74. The Morgan fingerprint density at radius 3 is 2.45 bits per heavy atom. The van der Waals surface area contributed by atoms with E-state index in [2.05, 4.69) is 19.9 Å². The summed E-state index contributed by atoms with van der Waals surface area (Å²) in [4.78, 5) is 15.4. The van der Waals surface area contributed by atoms with E-state index in [1.807, 2.05) is 17.0 Å². The molecule has 20 heavy (non-hydrogen) atoms. The largest absolute Gasteiger partial charge is 0.480 e. The number of halogens is 1. The summed E-state index contributed by atoms with van der Waals surface area (Å²) in [5.41, 5.74) is 2.03. The van der Waals surface area contributed by atoms with E-state index >= 15 is 0 Å². The van der Waals surface area contributed by atoms with Crippen molar-refractivity contribution in [3.8, 4) is 0 Å². The minimum atomic E-state index is -0.843. The monoisotopic (exact) mass is 309 g/mol. The molecule has 0 radical (unpaired) electrons. The van der Waals surface area contributed by atoms with Gasteiger partial charge in [0.25, 0.3) is 0 Å². The normalized spacial score (nSPS) is 10.6. The first-order valence-corrected chi connectivity index (χ1v) is 7.43. The van der Waals surface area contributed by atoms with Crippen molar-refractivity contribution in [1.29, 1.82) is 0 Å². The zero-order valence-electron chi connectivity index (χ0n) is 11.4. The second-order valence-corrected chi connectivity index (χ2v) is 6.56. The number of aliphatic carboxylic acids is 1. The molecule has 5 heteroatoms. The molecule has 106 valence electrons. The van der Waals surface area contributed by atoms with Crippen molar-refractivity contribution in [2.75, 3.05) is 11.4 Å². The minimum absolute atomic E-state index is 0.0318. The highest BCUT2D eigenvalue weighted by molar-refractivity contribution is 7.12. The van der Waals surface area contributed by atoms with Crippen molar-refractivity contribution < 1.29 is 9.90 Å². The Morgan fingerprint density at radius 2 is 1.95 bits per heavy atom. The van der Waals surface area contributed by atoms with Gasteiger partial charge in [0.15, 0.2) is 0 Å². The lowest BCUT2D eigenvalue weighted by molar-refractivity contribution is -0.135. The smallest absolute Gasteiger partial charge is 0.323 e. The number of benzene rings is 1. The number of hydrogen-bond acceptors (Lipinski definition) is 3. The topological polar surface area (TPSA) is 40.5 Å². The summed E-state index contributed by atoms with van der Waals surface area (Å²) in [6.45, 7) is 4.68. The van der Waals surface area contributed by atoms with Gasteiger partial charge in [-0.3, -0.25) is 4.79 Å². The molecule has 1 N–H and O–H groups in total.